The lowest BCUT2D eigenvalue weighted by Crippen LogP contribution is -2.46. The number of ether oxygens (including phenoxy) is 1. The van der Waals surface area contributed by atoms with E-state index in [1.54, 1.807) is 13.8 Å². The van der Waals surface area contributed by atoms with Crippen molar-refractivity contribution in [2.24, 2.45) is 0 Å². The Hall–Kier alpha value is -0.700. The molecule has 17 heavy (non-hydrogen) atoms. The molecule has 1 saturated heterocycles. The number of hydrogen-bond acceptors (Lipinski definition) is 5. The predicted molar refractivity (Wildman–Crippen MR) is 60.0 cm³/mol. The molecule has 0 amide bonds. The van der Waals surface area contributed by atoms with Crippen LogP contribution in [0.2, 0.25) is 0 Å². The predicted octanol–water partition coefficient (Wildman–Crippen LogP) is -0.200. The van der Waals surface area contributed by atoms with Crippen molar-refractivity contribution in [1.82, 2.24) is 9.19 Å². The van der Waals surface area contributed by atoms with Gasteiger partial charge in [0.2, 0.25) is 0 Å². The summed E-state index contributed by atoms with van der Waals surface area (Å²) in [5, 5.41) is 0. The first-order valence-corrected chi connectivity index (χ1v) is 7.04. The Morgan fingerprint density at radius 1 is 1.41 bits per heavy atom. The lowest BCUT2D eigenvalue weighted by Gasteiger charge is -2.22. The Morgan fingerprint density at radius 3 is 2.71 bits per heavy atom. The van der Waals surface area contributed by atoms with Crippen molar-refractivity contribution in [1.29, 1.82) is 0 Å². The Bertz CT molecular complexity index is 356. The van der Waals surface area contributed by atoms with E-state index < -0.39 is 22.2 Å². The highest BCUT2D eigenvalue weighted by Gasteiger charge is 2.39. The molecule has 1 heterocycles. The average Bonchev–Trinajstić information content (AvgIpc) is 2.76. The van der Waals surface area contributed by atoms with E-state index in [0.29, 0.717) is 19.4 Å². The number of rotatable bonds is 6. The molecule has 1 aliphatic heterocycles. The van der Waals surface area contributed by atoms with E-state index in [2.05, 4.69) is 4.84 Å². The average molecular weight is 266 g/mol. The third-order valence-corrected chi connectivity index (χ3v) is 3.76. The van der Waals surface area contributed by atoms with Crippen molar-refractivity contribution in [3.8, 4) is 0 Å². The first-order valence-electron chi connectivity index (χ1n) is 5.60. The third-order valence-electron chi connectivity index (χ3n) is 2.38. The summed E-state index contributed by atoms with van der Waals surface area (Å²) in [6.07, 6.45) is 1.11. The van der Waals surface area contributed by atoms with E-state index in [-0.39, 0.29) is 13.2 Å². The second-order valence-electron chi connectivity index (χ2n) is 3.54. The molecule has 0 radical (unpaired) electrons. The quantitative estimate of drug-likeness (QED) is 0.531. The van der Waals surface area contributed by atoms with Gasteiger partial charge in [-0.1, -0.05) is 4.89 Å². The number of hydrogen-bond donors (Lipinski definition) is 1. The van der Waals surface area contributed by atoms with E-state index in [0.717, 1.165) is 4.31 Å². The van der Waals surface area contributed by atoms with Crippen LogP contribution in [0.25, 0.3) is 0 Å². The molecule has 1 rings (SSSR count). The van der Waals surface area contributed by atoms with Gasteiger partial charge in [-0.05, 0) is 26.7 Å². The molecule has 0 saturated carbocycles. The first kappa shape index (κ1) is 14.4. The Morgan fingerprint density at radius 2 is 2.12 bits per heavy atom. The maximum absolute atomic E-state index is 11.8. The summed E-state index contributed by atoms with van der Waals surface area (Å²) in [5.74, 6) is -0.508. The molecule has 100 valence electrons. The van der Waals surface area contributed by atoms with Gasteiger partial charge in [0.15, 0.2) is 0 Å². The van der Waals surface area contributed by atoms with Crippen LogP contribution in [-0.2, 0) is 24.6 Å². The molecule has 7 nitrogen and oxygen atoms in total. The highest BCUT2D eigenvalue weighted by atomic mass is 32.2. The van der Waals surface area contributed by atoms with Crippen LogP contribution in [0, 0.1) is 0 Å². The number of nitrogens with one attached hydrogen (secondary N) is 1. The van der Waals surface area contributed by atoms with Gasteiger partial charge in [-0.15, -0.1) is 0 Å². The van der Waals surface area contributed by atoms with Gasteiger partial charge in [-0.25, -0.2) is 0 Å². The largest absolute Gasteiger partial charge is 0.465 e. The summed E-state index contributed by atoms with van der Waals surface area (Å²) in [5.41, 5.74) is 0. The molecule has 0 aliphatic carbocycles. The molecule has 1 aliphatic rings. The number of carbonyl (C=O) groups excluding carboxylic acids is 1. The van der Waals surface area contributed by atoms with Gasteiger partial charge in [0, 0.05) is 6.54 Å². The van der Waals surface area contributed by atoms with Gasteiger partial charge in [-0.2, -0.15) is 12.7 Å². The van der Waals surface area contributed by atoms with Gasteiger partial charge >= 0.3 is 16.2 Å². The number of esters is 1. The highest BCUT2D eigenvalue weighted by Crippen LogP contribution is 2.21. The van der Waals surface area contributed by atoms with Crippen molar-refractivity contribution in [3.05, 3.63) is 0 Å². The van der Waals surface area contributed by atoms with Crippen LogP contribution in [0.15, 0.2) is 0 Å². The zero-order chi connectivity index (χ0) is 12.9. The SMILES string of the molecule is CCONS(=O)(=O)N1CCCC1C(=O)OCC. The molecule has 8 heteroatoms. The fourth-order valence-corrected chi connectivity index (χ4v) is 2.94. The molecule has 0 aromatic rings. The van der Waals surface area contributed by atoms with Crippen molar-refractivity contribution in [3.63, 3.8) is 0 Å². The second kappa shape index (κ2) is 6.29. The molecular formula is C9H18N2O5S. The smallest absolute Gasteiger partial charge is 0.324 e. The summed E-state index contributed by atoms with van der Waals surface area (Å²) < 4.78 is 29.5. The fraction of sp³-hybridized carbons (Fsp3) is 0.889. The molecule has 1 unspecified atom stereocenters. The van der Waals surface area contributed by atoms with Gasteiger partial charge in [0.25, 0.3) is 0 Å². The standard InChI is InChI=1S/C9H18N2O5S/c1-3-15-9(12)8-6-5-7-11(8)17(13,14)10-16-4-2/h8,10H,3-7H2,1-2H3. The van der Waals surface area contributed by atoms with E-state index in [1.165, 1.54) is 0 Å². The lowest BCUT2D eigenvalue weighted by molar-refractivity contribution is -0.146. The van der Waals surface area contributed by atoms with Crippen LogP contribution >= 0.6 is 0 Å². The van der Waals surface area contributed by atoms with Gasteiger partial charge in [0.05, 0.1) is 13.2 Å². The maximum Gasteiger partial charge on any atom is 0.324 e. The van der Waals surface area contributed by atoms with Gasteiger partial charge in [-0.3, -0.25) is 9.63 Å². The highest BCUT2D eigenvalue weighted by molar-refractivity contribution is 7.87. The summed E-state index contributed by atoms with van der Waals surface area (Å²) >= 11 is 0. The zero-order valence-electron chi connectivity index (χ0n) is 10.0. The minimum Gasteiger partial charge on any atom is -0.465 e. The minimum atomic E-state index is -3.77. The van der Waals surface area contributed by atoms with Crippen LogP contribution in [0.4, 0.5) is 0 Å². The molecule has 0 bridgehead atoms. The van der Waals surface area contributed by atoms with Crippen molar-refractivity contribution in [2.45, 2.75) is 32.7 Å². The second-order valence-corrected chi connectivity index (χ2v) is 5.13. The molecule has 0 aromatic carbocycles. The van der Waals surface area contributed by atoms with Crippen molar-refractivity contribution >= 4 is 16.2 Å². The van der Waals surface area contributed by atoms with Crippen LogP contribution in [0.3, 0.4) is 0 Å². The lowest BCUT2D eigenvalue weighted by atomic mass is 10.2. The monoisotopic (exact) mass is 266 g/mol. The first-order chi connectivity index (χ1) is 8.03. The minimum absolute atomic E-state index is 0.219. The van der Waals surface area contributed by atoms with Crippen LogP contribution in [0.5, 0.6) is 0 Å². The summed E-state index contributed by atoms with van der Waals surface area (Å²) in [6, 6.07) is -0.743. The number of carbonyl (C=O) groups is 1. The zero-order valence-corrected chi connectivity index (χ0v) is 10.8. The molecule has 1 N–H and O–H groups in total. The van der Waals surface area contributed by atoms with Crippen LogP contribution in [0.1, 0.15) is 26.7 Å². The third kappa shape index (κ3) is 3.63. The van der Waals surface area contributed by atoms with E-state index in [9.17, 15) is 13.2 Å². The van der Waals surface area contributed by atoms with E-state index in [4.69, 9.17) is 4.74 Å². The summed E-state index contributed by atoms with van der Waals surface area (Å²) in [4.78, 5) is 18.2. The summed E-state index contributed by atoms with van der Waals surface area (Å²) in [6.45, 7) is 4.10. The molecule has 1 fully saturated rings. The Kier molecular flexibility index (Phi) is 5.31. The van der Waals surface area contributed by atoms with E-state index >= 15 is 0 Å². The molecular weight excluding hydrogens is 248 g/mol. The van der Waals surface area contributed by atoms with Gasteiger partial charge < -0.3 is 4.74 Å². The normalized spacial score (nSPS) is 21.6. The van der Waals surface area contributed by atoms with Crippen molar-refractivity contribution in [2.75, 3.05) is 19.8 Å². The molecule has 0 spiro atoms. The molecule has 0 aromatic heterocycles. The van der Waals surface area contributed by atoms with Crippen LogP contribution < -0.4 is 4.89 Å². The number of nitrogens with zero attached hydrogens (tertiary/aromatic N) is 1. The van der Waals surface area contributed by atoms with Crippen LogP contribution in [-0.4, -0.2) is 44.5 Å². The Labute approximate surface area is 101 Å². The molecule has 1 atom stereocenters. The fourth-order valence-electron chi connectivity index (χ4n) is 1.68. The van der Waals surface area contributed by atoms with Gasteiger partial charge in [0.1, 0.15) is 6.04 Å². The summed E-state index contributed by atoms with van der Waals surface area (Å²) in [7, 11) is -3.77. The maximum atomic E-state index is 11.8. The van der Waals surface area contributed by atoms with E-state index in [1.807, 2.05) is 4.89 Å². The van der Waals surface area contributed by atoms with Crippen molar-refractivity contribution < 1.29 is 22.8 Å². The Balaban J connectivity index is 2.71. The topological polar surface area (TPSA) is 84.9 Å².